The fraction of sp³-hybridized carbons (Fsp3) is 0.182. The average Bonchev–Trinajstić information content (AvgIpc) is 2.69. The quantitative estimate of drug-likeness (QED) is 0.827. The molecule has 0 bridgehead atoms. The Morgan fingerprint density at radius 1 is 1.14 bits per heavy atom. The average molecular weight is 330 g/mol. The molecule has 0 amide bonds. The molecule has 0 saturated heterocycles. The van der Waals surface area contributed by atoms with E-state index in [1.54, 1.807) is 25.1 Å². The minimum Gasteiger partial charge on any atom is -0.272 e. The number of rotatable bonds is 4. The van der Waals surface area contributed by atoms with Crippen LogP contribution in [0.1, 0.15) is 5.56 Å². The number of benzene rings is 1. The van der Waals surface area contributed by atoms with Crippen molar-refractivity contribution in [1.29, 1.82) is 0 Å². The summed E-state index contributed by atoms with van der Waals surface area (Å²) in [5.74, 6) is -0.330. The van der Waals surface area contributed by atoms with Crippen molar-refractivity contribution in [3.05, 3.63) is 36.0 Å². The van der Waals surface area contributed by atoms with Crippen LogP contribution in [0.2, 0.25) is 0 Å². The van der Waals surface area contributed by atoms with Crippen molar-refractivity contribution in [1.82, 2.24) is 9.78 Å². The van der Waals surface area contributed by atoms with Gasteiger partial charge in [-0.25, -0.2) is 22.0 Å². The molecule has 2 aromatic rings. The van der Waals surface area contributed by atoms with Gasteiger partial charge in [0, 0.05) is 13.2 Å². The maximum Gasteiger partial charge on any atom is 0.263 e. The minimum absolute atomic E-state index is 0.0380. The predicted molar refractivity (Wildman–Crippen MR) is 76.6 cm³/mol. The highest BCUT2D eigenvalue weighted by molar-refractivity contribution is 7.93. The van der Waals surface area contributed by atoms with E-state index in [0.29, 0.717) is 5.56 Å². The fourth-order valence-electron chi connectivity index (χ4n) is 1.79. The topological polar surface area (TPSA) is 124 Å². The van der Waals surface area contributed by atoms with Crippen molar-refractivity contribution in [3.8, 4) is 0 Å². The summed E-state index contributed by atoms with van der Waals surface area (Å²) in [5.41, 5.74) is 0.526. The van der Waals surface area contributed by atoms with Crippen LogP contribution in [0, 0.1) is 6.92 Å². The first-order valence-corrected chi connectivity index (χ1v) is 8.79. The summed E-state index contributed by atoms with van der Waals surface area (Å²) in [4.78, 5) is -0.349. The summed E-state index contributed by atoms with van der Waals surface area (Å²) in [6.45, 7) is 1.63. The van der Waals surface area contributed by atoms with Crippen LogP contribution in [0.3, 0.4) is 0 Å². The van der Waals surface area contributed by atoms with Gasteiger partial charge in [0.15, 0.2) is 5.82 Å². The Balaban J connectivity index is 2.50. The number of aromatic nitrogens is 2. The molecule has 114 valence electrons. The third-order valence-electron chi connectivity index (χ3n) is 2.72. The fourth-order valence-corrected chi connectivity index (χ4v) is 3.78. The molecule has 0 atom stereocenters. The van der Waals surface area contributed by atoms with Gasteiger partial charge >= 0.3 is 0 Å². The van der Waals surface area contributed by atoms with Crippen molar-refractivity contribution in [2.45, 2.75) is 16.7 Å². The van der Waals surface area contributed by atoms with E-state index in [2.05, 4.69) is 9.82 Å². The Kier molecular flexibility index (Phi) is 3.78. The van der Waals surface area contributed by atoms with Crippen molar-refractivity contribution in [3.63, 3.8) is 0 Å². The molecule has 0 aliphatic carbocycles. The van der Waals surface area contributed by atoms with Gasteiger partial charge in [0.05, 0.1) is 4.90 Å². The first kappa shape index (κ1) is 15.5. The summed E-state index contributed by atoms with van der Waals surface area (Å²) in [7, 11) is -6.59. The first-order chi connectivity index (χ1) is 9.61. The highest BCUT2D eigenvalue weighted by Crippen LogP contribution is 2.22. The van der Waals surface area contributed by atoms with Crippen LogP contribution in [0.5, 0.6) is 0 Å². The maximum absolute atomic E-state index is 12.3. The lowest BCUT2D eigenvalue weighted by Gasteiger charge is -2.09. The van der Waals surface area contributed by atoms with Crippen molar-refractivity contribution in [2.75, 3.05) is 4.72 Å². The zero-order valence-electron chi connectivity index (χ0n) is 11.3. The zero-order valence-corrected chi connectivity index (χ0v) is 12.9. The number of nitrogens with one attached hydrogen (secondary N) is 1. The summed E-state index contributed by atoms with van der Waals surface area (Å²) in [6, 6.07) is 6.32. The number of aryl methyl sites for hydroxylation is 2. The molecule has 2 rings (SSSR count). The van der Waals surface area contributed by atoms with Gasteiger partial charge in [-0.2, -0.15) is 5.10 Å². The van der Waals surface area contributed by atoms with E-state index in [1.165, 1.54) is 13.1 Å². The van der Waals surface area contributed by atoms with Crippen LogP contribution < -0.4 is 9.86 Å². The van der Waals surface area contributed by atoms with Crippen molar-refractivity contribution in [2.24, 2.45) is 12.2 Å². The second kappa shape index (κ2) is 5.13. The lowest BCUT2D eigenvalue weighted by atomic mass is 10.2. The van der Waals surface area contributed by atoms with Gasteiger partial charge in [-0.15, -0.1) is 0 Å². The third kappa shape index (κ3) is 3.23. The molecule has 1 aromatic carbocycles. The second-order valence-corrected chi connectivity index (χ2v) is 7.61. The van der Waals surface area contributed by atoms with Gasteiger partial charge in [0.1, 0.15) is 4.90 Å². The van der Waals surface area contributed by atoms with E-state index >= 15 is 0 Å². The Morgan fingerprint density at radius 3 is 2.33 bits per heavy atom. The molecule has 0 aliphatic heterocycles. The number of hydrogen-bond acceptors (Lipinski definition) is 5. The lowest BCUT2D eigenvalue weighted by Crippen LogP contribution is -2.18. The van der Waals surface area contributed by atoms with Gasteiger partial charge in [0.25, 0.3) is 10.0 Å². The monoisotopic (exact) mass is 330 g/mol. The van der Waals surface area contributed by atoms with Gasteiger partial charge < -0.3 is 0 Å². The minimum atomic E-state index is -4.09. The van der Waals surface area contributed by atoms with Crippen LogP contribution in [-0.4, -0.2) is 26.6 Å². The van der Waals surface area contributed by atoms with E-state index in [9.17, 15) is 16.8 Å². The van der Waals surface area contributed by atoms with Crippen LogP contribution in [-0.2, 0) is 27.1 Å². The molecular weight excluding hydrogens is 316 g/mol. The Bertz CT molecular complexity index is 885. The maximum atomic E-state index is 12.3. The molecule has 0 radical (unpaired) electrons. The highest BCUT2D eigenvalue weighted by atomic mass is 32.2. The molecular formula is C11H14N4O4S2. The standard InChI is InChI=1S/C11H14N4O4S2/c1-8-5-3-4-6-9(8)21(18,19)14-11-10(20(12,16)17)7-15(2)13-11/h3-7H,1-2H3,(H,13,14)(H2,12,16,17). The van der Waals surface area contributed by atoms with Crippen LogP contribution >= 0.6 is 0 Å². The van der Waals surface area contributed by atoms with Crippen LogP contribution in [0.15, 0.2) is 40.3 Å². The number of nitrogens with zero attached hydrogens (tertiary/aromatic N) is 2. The number of nitrogens with two attached hydrogens (primary N) is 1. The molecule has 1 aromatic heterocycles. The first-order valence-electron chi connectivity index (χ1n) is 5.76. The van der Waals surface area contributed by atoms with E-state index in [1.807, 2.05) is 0 Å². The van der Waals surface area contributed by atoms with Crippen molar-refractivity contribution >= 4 is 25.9 Å². The molecule has 8 nitrogen and oxygen atoms in total. The molecule has 0 aliphatic rings. The largest absolute Gasteiger partial charge is 0.272 e. The summed E-state index contributed by atoms with van der Waals surface area (Å²) < 4.78 is 50.8. The molecule has 0 fully saturated rings. The summed E-state index contributed by atoms with van der Waals surface area (Å²) in [5, 5.41) is 8.83. The third-order valence-corrected chi connectivity index (χ3v) is 5.13. The lowest BCUT2D eigenvalue weighted by molar-refractivity contribution is 0.598. The van der Waals surface area contributed by atoms with E-state index in [4.69, 9.17) is 5.14 Å². The molecule has 0 saturated carbocycles. The molecule has 21 heavy (non-hydrogen) atoms. The van der Waals surface area contributed by atoms with Gasteiger partial charge in [-0.1, -0.05) is 18.2 Å². The normalized spacial score (nSPS) is 12.3. The van der Waals surface area contributed by atoms with Gasteiger partial charge in [0.2, 0.25) is 10.0 Å². The Morgan fingerprint density at radius 2 is 1.76 bits per heavy atom. The number of primary sulfonamides is 1. The van der Waals surface area contributed by atoms with E-state index in [0.717, 1.165) is 10.9 Å². The van der Waals surface area contributed by atoms with Gasteiger partial charge in [-0.3, -0.25) is 9.40 Å². The molecule has 1 heterocycles. The SMILES string of the molecule is Cc1ccccc1S(=O)(=O)Nc1nn(C)cc1S(N)(=O)=O. The molecule has 0 unspecified atom stereocenters. The van der Waals surface area contributed by atoms with Crippen molar-refractivity contribution < 1.29 is 16.8 Å². The summed E-state index contributed by atoms with van der Waals surface area (Å²) in [6.07, 6.45) is 1.13. The predicted octanol–water partition coefficient (Wildman–Crippen LogP) is 0.177. The van der Waals surface area contributed by atoms with Gasteiger partial charge in [-0.05, 0) is 18.6 Å². The Hall–Kier alpha value is -1.91. The van der Waals surface area contributed by atoms with Crippen LogP contribution in [0.4, 0.5) is 5.82 Å². The van der Waals surface area contributed by atoms with Crippen LogP contribution in [0.25, 0.3) is 0 Å². The summed E-state index contributed by atoms with van der Waals surface area (Å²) >= 11 is 0. The smallest absolute Gasteiger partial charge is 0.263 e. The highest BCUT2D eigenvalue weighted by Gasteiger charge is 2.24. The molecule has 10 heteroatoms. The zero-order chi connectivity index (χ0) is 15.8. The Labute approximate surface area is 122 Å². The van der Waals surface area contributed by atoms with E-state index < -0.39 is 20.0 Å². The second-order valence-electron chi connectivity index (χ2n) is 4.43. The number of anilines is 1. The number of hydrogen-bond donors (Lipinski definition) is 2. The number of sulfonamides is 2. The van der Waals surface area contributed by atoms with E-state index in [-0.39, 0.29) is 15.6 Å². The molecule has 3 N–H and O–H groups in total. The molecule has 0 spiro atoms.